The first-order valence-electron chi connectivity index (χ1n) is 9.98. The van der Waals surface area contributed by atoms with Crippen molar-refractivity contribution in [1.29, 1.82) is 0 Å². The van der Waals surface area contributed by atoms with Crippen LogP contribution in [0.5, 0.6) is 0 Å². The van der Waals surface area contributed by atoms with Crippen LogP contribution in [-0.4, -0.2) is 29.9 Å². The molecule has 0 atom stereocenters. The summed E-state index contributed by atoms with van der Waals surface area (Å²) in [5, 5.41) is 3.41. The van der Waals surface area contributed by atoms with Gasteiger partial charge < -0.3 is 10.2 Å². The molecule has 31 heavy (non-hydrogen) atoms. The minimum atomic E-state index is -0.316. The Morgan fingerprint density at radius 3 is 2.39 bits per heavy atom. The number of anilines is 2. The zero-order valence-electron chi connectivity index (χ0n) is 16.7. The molecule has 3 amide bonds. The summed E-state index contributed by atoms with van der Waals surface area (Å²) in [4.78, 5) is 28.7. The molecule has 7 heteroatoms. The van der Waals surface area contributed by atoms with Gasteiger partial charge in [0.05, 0.1) is 6.54 Å². The highest BCUT2D eigenvalue weighted by atomic mass is 35.5. The van der Waals surface area contributed by atoms with Crippen molar-refractivity contribution in [3.8, 4) is 0 Å². The van der Waals surface area contributed by atoms with Crippen LogP contribution in [0.3, 0.4) is 0 Å². The molecule has 0 spiro atoms. The monoisotopic (exact) mass is 437 g/mol. The van der Waals surface area contributed by atoms with Crippen molar-refractivity contribution >= 4 is 34.9 Å². The Hall–Kier alpha value is -3.38. The van der Waals surface area contributed by atoms with E-state index in [-0.39, 0.29) is 24.3 Å². The maximum absolute atomic E-state index is 14.0. The first-order valence-corrected chi connectivity index (χ1v) is 10.4. The van der Waals surface area contributed by atoms with Crippen molar-refractivity contribution < 1.29 is 14.0 Å². The number of hydrogen-bond donors (Lipinski definition) is 1. The molecule has 0 unspecified atom stereocenters. The molecule has 1 fully saturated rings. The maximum atomic E-state index is 14.0. The van der Waals surface area contributed by atoms with Gasteiger partial charge in [-0.3, -0.25) is 9.69 Å². The van der Waals surface area contributed by atoms with E-state index in [0.717, 1.165) is 6.42 Å². The van der Waals surface area contributed by atoms with Crippen LogP contribution in [-0.2, 0) is 6.54 Å². The molecule has 158 valence electrons. The predicted molar refractivity (Wildman–Crippen MR) is 120 cm³/mol. The molecule has 3 aromatic carbocycles. The molecule has 1 heterocycles. The van der Waals surface area contributed by atoms with Crippen LogP contribution in [0.2, 0.25) is 5.02 Å². The molecule has 0 saturated carbocycles. The minimum Gasteiger partial charge on any atom is -0.322 e. The van der Waals surface area contributed by atoms with Gasteiger partial charge >= 0.3 is 6.03 Å². The van der Waals surface area contributed by atoms with Crippen molar-refractivity contribution in [1.82, 2.24) is 4.90 Å². The summed E-state index contributed by atoms with van der Waals surface area (Å²) in [5.41, 5.74) is 2.32. The summed E-state index contributed by atoms with van der Waals surface area (Å²) in [5.74, 6) is -0.566. The molecule has 1 aliphatic rings. The summed E-state index contributed by atoms with van der Waals surface area (Å²) in [7, 11) is 0. The van der Waals surface area contributed by atoms with Gasteiger partial charge in [-0.2, -0.15) is 0 Å². The first kappa shape index (κ1) is 20.9. The molecule has 3 aromatic rings. The number of benzene rings is 3. The van der Waals surface area contributed by atoms with E-state index in [9.17, 15) is 14.0 Å². The smallest absolute Gasteiger partial charge is 0.322 e. The predicted octanol–water partition coefficient (Wildman–Crippen LogP) is 5.56. The number of nitrogens with one attached hydrogen (secondary N) is 1. The van der Waals surface area contributed by atoms with Crippen LogP contribution in [0.1, 0.15) is 22.3 Å². The lowest BCUT2D eigenvalue weighted by molar-refractivity contribution is 0.102. The zero-order chi connectivity index (χ0) is 21.8. The molecule has 0 aromatic heterocycles. The van der Waals surface area contributed by atoms with E-state index in [0.29, 0.717) is 40.6 Å². The highest BCUT2D eigenvalue weighted by Gasteiger charge is 2.27. The Kier molecular flexibility index (Phi) is 6.18. The van der Waals surface area contributed by atoms with E-state index < -0.39 is 0 Å². The molecule has 0 bridgehead atoms. The number of halogens is 2. The number of carbonyl (C=O) groups is 2. The van der Waals surface area contributed by atoms with Crippen LogP contribution in [0.25, 0.3) is 0 Å². The van der Waals surface area contributed by atoms with Gasteiger partial charge in [-0.1, -0.05) is 29.8 Å². The van der Waals surface area contributed by atoms with E-state index in [1.165, 1.54) is 6.07 Å². The second-order valence-electron chi connectivity index (χ2n) is 7.31. The van der Waals surface area contributed by atoms with Gasteiger partial charge in [0.25, 0.3) is 5.91 Å². The van der Waals surface area contributed by atoms with Crippen molar-refractivity contribution in [3.63, 3.8) is 0 Å². The third-order valence-electron chi connectivity index (χ3n) is 5.17. The summed E-state index contributed by atoms with van der Waals surface area (Å²) in [6.07, 6.45) is 0.777. The minimum absolute atomic E-state index is 0.173. The molecule has 1 saturated heterocycles. The third kappa shape index (κ3) is 4.86. The standard InChI is InChI=1S/C24H21ClFN3O2/c25-19-8-10-20(11-9-19)27-23(30)17-6-12-21(13-7-17)29-15-3-14-28(24(29)31)16-18-4-1-2-5-22(18)26/h1-2,4-13H,3,14-16H2,(H,27,30). The Morgan fingerprint density at radius 2 is 1.68 bits per heavy atom. The van der Waals surface area contributed by atoms with Gasteiger partial charge in [0.1, 0.15) is 5.82 Å². The van der Waals surface area contributed by atoms with Crippen LogP contribution < -0.4 is 10.2 Å². The molecular formula is C24H21ClFN3O2. The molecular weight excluding hydrogens is 417 g/mol. The molecule has 1 N–H and O–H groups in total. The Labute approximate surface area is 185 Å². The van der Waals surface area contributed by atoms with Crippen molar-refractivity contribution in [2.45, 2.75) is 13.0 Å². The van der Waals surface area contributed by atoms with E-state index in [2.05, 4.69) is 5.32 Å². The van der Waals surface area contributed by atoms with Gasteiger partial charge in [-0.05, 0) is 61.0 Å². The fourth-order valence-corrected chi connectivity index (χ4v) is 3.66. The van der Waals surface area contributed by atoms with Gasteiger partial charge in [-0.25, -0.2) is 9.18 Å². The summed E-state index contributed by atoms with van der Waals surface area (Å²) in [6, 6.07) is 20.0. The third-order valence-corrected chi connectivity index (χ3v) is 5.43. The normalized spacial score (nSPS) is 13.9. The second kappa shape index (κ2) is 9.18. The van der Waals surface area contributed by atoms with Crippen LogP contribution in [0, 0.1) is 5.82 Å². The zero-order valence-corrected chi connectivity index (χ0v) is 17.5. The van der Waals surface area contributed by atoms with E-state index in [4.69, 9.17) is 11.6 Å². The maximum Gasteiger partial charge on any atom is 0.324 e. The summed E-state index contributed by atoms with van der Waals surface area (Å²) >= 11 is 5.86. The molecule has 0 aliphatic carbocycles. The average molecular weight is 438 g/mol. The Balaban J connectivity index is 1.44. The van der Waals surface area contributed by atoms with Crippen molar-refractivity contribution in [2.75, 3.05) is 23.3 Å². The number of carbonyl (C=O) groups excluding carboxylic acids is 2. The lowest BCUT2D eigenvalue weighted by atomic mass is 10.1. The van der Waals surface area contributed by atoms with Crippen LogP contribution in [0.15, 0.2) is 72.8 Å². The molecule has 5 nitrogen and oxygen atoms in total. The quantitative estimate of drug-likeness (QED) is 0.567. The van der Waals surface area contributed by atoms with Gasteiger partial charge in [0.2, 0.25) is 0 Å². The molecule has 1 aliphatic heterocycles. The Bertz CT molecular complexity index is 1090. The van der Waals surface area contributed by atoms with Gasteiger partial charge in [0, 0.05) is 40.6 Å². The summed E-state index contributed by atoms with van der Waals surface area (Å²) in [6.45, 7) is 1.37. The molecule has 0 radical (unpaired) electrons. The van der Waals surface area contributed by atoms with Crippen LogP contribution in [0.4, 0.5) is 20.6 Å². The van der Waals surface area contributed by atoms with E-state index in [1.54, 1.807) is 76.5 Å². The Morgan fingerprint density at radius 1 is 0.968 bits per heavy atom. The van der Waals surface area contributed by atoms with Gasteiger partial charge in [-0.15, -0.1) is 0 Å². The van der Waals surface area contributed by atoms with Crippen molar-refractivity contribution in [2.24, 2.45) is 0 Å². The summed E-state index contributed by atoms with van der Waals surface area (Å²) < 4.78 is 14.0. The average Bonchev–Trinajstić information content (AvgIpc) is 2.78. The number of amides is 3. The van der Waals surface area contributed by atoms with Crippen LogP contribution >= 0.6 is 11.6 Å². The highest BCUT2D eigenvalue weighted by Crippen LogP contribution is 2.23. The lowest BCUT2D eigenvalue weighted by Crippen LogP contribution is -2.49. The lowest BCUT2D eigenvalue weighted by Gasteiger charge is -2.35. The number of rotatable bonds is 5. The fraction of sp³-hybridized carbons (Fsp3) is 0.167. The topological polar surface area (TPSA) is 52.7 Å². The number of nitrogens with zero attached hydrogens (tertiary/aromatic N) is 2. The number of urea groups is 1. The van der Waals surface area contributed by atoms with Crippen molar-refractivity contribution in [3.05, 3.63) is 94.8 Å². The highest BCUT2D eigenvalue weighted by molar-refractivity contribution is 6.30. The second-order valence-corrected chi connectivity index (χ2v) is 7.75. The SMILES string of the molecule is O=C(Nc1ccc(Cl)cc1)c1ccc(N2CCCN(Cc3ccccc3F)C2=O)cc1. The van der Waals surface area contributed by atoms with E-state index >= 15 is 0 Å². The molecule has 4 rings (SSSR count). The number of hydrogen-bond acceptors (Lipinski definition) is 2. The first-order chi connectivity index (χ1) is 15.0. The van der Waals surface area contributed by atoms with Gasteiger partial charge in [0.15, 0.2) is 0 Å². The fourth-order valence-electron chi connectivity index (χ4n) is 3.53. The largest absolute Gasteiger partial charge is 0.324 e. The van der Waals surface area contributed by atoms with E-state index in [1.807, 2.05) is 0 Å².